The lowest BCUT2D eigenvalue weighted by molar-refractivity contribution is 0.494. The van der Waals surface area contributed by atoms with Crippen molar-refractivity contribution in [2.24, 2.45) is 0 Å². The van der Waals surface area contributed by atoms with Crippen molar-refractivity contribution in [3.8, 4) is 10.8 Å². The number of hydrogen-bond acceptors (Lipinski definition) is 3. The molecule has 0 spiro atoms. The van der Waals surface area contributed by atoms with Crippen LogP contribution < -0.4 is 10.1 Å². The molecule has 0 aliphatic heterocycles. The first-order valence-corrected chi connectivity index (χ1v) is 10.8. The maximum absolute atomic E-state index is 6.13. The first-order chi connectivity index (χ1) is 13.8. The van der Waals surface area contributed by atoms with Crippen molar-refractivity contribution in [2.45, 2.75) is 32.2 Å². The van der Waals surface area contributed by atoms with Crippen LogP contribution in [0.5, 0.6) is 10.8 Å². The molecule has 2 nitrogen and oxygen atoms in total. The van der Waals surface area contributed by atoms with Crippen molar-refractivity contribution in [3.05, 3.63) is 89.5 Å². The van der Waals surface area contributed by atoms with Crippen LogP contribution in [0.25, 0.3) is 10.8 Å². The molecule has 0 saturated heterocycles. The third-order valence-corrected chi connectivity index (χ3v) is 6.37. The fourth-order valence-electron chi connectivity index (χ4n) is 3.99. The van der Waals surface area contributed by atoms with Crippen LogP contribution in [0.15, 0.2) is 72.8 Å². The molecule has 28 heavy (non-hydrogen) atoms. The number of anilines is 1. The Labute approximate surface area is 169 Å². The molecule has 1 aromatic heterocycles. The highest BCUT2D eigenvalue weighted by Gasteiger charge is 2.11. The second kappa shape index (κ2) is 7.69. The van der Waals surface area contributed by atoms with Crippen molar-refractivity contribution < 1.29 is 4.74 Å². The molecule has 0 amide bonds. The van der Waals surface area contributed by atoms with E-state index in [-0.39, 0.29) is 0 Å². The summed E-state index contributed by atoms with van der Waals surface area (Å²) in [7, 11) is 0. The number of fused-ring (bicyclic) bond motifs is 2. The summed E-state index contributed by atoms with van der Waals surface area (Å²) in [6, 6.07) is 25.7. The summed E-state index contributed by atoms with van der Waals surface area (Å²) in [5.74, 6) is 0.947. The van der Waals surface area contributed by atoms with E-state index < -0.39 is 0 Å². The minimum Gasteiger partial charge on any atom is -0.447 e. The summed E-state index contributed by atoms with van der Waals surface area (Å²) < 4.78 is 6.13. The third kappa shape index (κ3) is 3.63. The first kappa shape index (κ1) is 17.3. The summed E-state index contributed by atoms with van der Waals surface area (Å²) in [5.41, 5.74) is 4.25. The van der Waals surface area contributed by atoms with Crippen molar-refractivity contribution in [1.29, 1.82) is 0 Å². The molecular formula is C25H23NOS. The maximum Gasteiger partial charge on any atom is 0.182 e. The summed E-state index contributed by atoms with van der Waals surface area (Å²) in [6.45, 7) is 0.806. The molecule has 0 saturated carbocycles. The van der Waals surface area contributed by atoms with Gasteiger partial charge in [0.15, 0.2) is 5.06 Å². The van der Waals surface area contributed by atoms with Gasteiger partial charge in [-0.05, 0) is 77.4 Å². The average Bonchev–Trinajstić information content (AvgIpc) is 3.19. The van der Waals surface area contributed by atoms with Crippen LogP contribution in [0.1, 0.15) is 29.5 Å². The standard InChI is InChI=1S/C25H23NOS/c1-2-8-20-16-22(13-12-18(20)6-1)27-25-15-14-24(28-25)26-17-21-10-5-9-19-7-3-4-11-23(19)21/h3-5,7,9-16,26H,1-2,6,8,17H2. The van der Waals surface area contributed by atoms with Crippen molar-refractivity contribution >= 4 is 27.1 Å². The molecule has 1 heterocycles. The van der Waals surface area contributed by atoms with Crippen LogP contribution in [0.3, 0.4) is 0 Å². The number of aryl methyl sites for hydroxylation is 2. The van der Waals surface area contributed by atoms with Crippen molar-refractivity contribution in [2.75, 3.05) is 5.32 Å². The maximum atomic E-state index is 6.13. The van der Waals surface area contributed by atoms with Gasteiger partial charge in [-0.2, -0.15) is 0 Å². The molecule has 3 aromatic carbocycles. The minimum absolute atomic E-state index is 0.806. The van der Waals surface area contributed by atoms with Gasteiger partial charge in [0.1, 0.15) is 5.75 Å². The lowest BCUT2D eigenvalue weighted by Gasteiger charge is -2.16. The van der Waals surface area contributed by atoms with Gasteiger partial charge in [0.2, 0.25) is 0 Å². The van der Waals surface area contributed by atoms with Gasteiger partial charge in [0.05, 0.1) is 5.00 Å². The largest absolute Gasteiger partial charge is 0.447 e. The van der Waals surface area contributed by atoms with Gasteiger partial charge in [-0.3, -0.25) is 0 Å². The van der Waals surface area contributed by atoms with Gasteiger partial charge in [0.25, 0.3) is 0 Å². The molecule has 1 N–H and O–H groups in total. The number of rotatable bonds is 5. The van der Waals surface area contributed by atoms with E-state index in [1.165, 1.54) is 53.1 Å². The van der Waals surface area contributed by atoms with E-state index in [4.69, 9.17) is 4.74 Å². The quantitative estimate of drug-likeness (QED) is 0.393. The van der Waals surface area contributed by atoms with E-state index >= 15 is 0 Å². The minimum atomic E-state index is 0.806. The van der Waals surface area contributed by atoms with E-state index in [1.807, 2.05) is 0 Å². The molecule has 0 atom stereocenters. The number of hydrogen-bond donors (Lipinski definition) is 1. The van der Waals surface area contributed by atoms with Gasteiger partial charge >= 0.3 is 0 Å². The fraction of sp³-hybridized carbons (Fsp3) is 0.200. The molecule has 0 fully saturated rings. The molecule has 3 heteroatoms. The smallest absolute Gasteiger partial charge is 0.182 e. The Morgan fingerprint density at radius 3 is 2.64 bits per heavy atom. The Morgan fingerprint density at radius 1 is 0.821 bits per heavy atom. The van der Waals surface area contributed by atoms with E-state index in [0.29, 0.717) is 0 Å². The second-order valence-corrected chi connectivity index (χ2v) is 8.40. The molecule has 0 radical (unpaired) electrons. The monoisotopic (exact) mass is 385 g/mol. The average molecular weight is 386 g/mol. The molecule has 0 bridgehead atoms. The van der Waals surface area contributed by atoms with Crippen LogP contribution in [-0.4, -0.2) is 0 Å². The molecule has 0 unspecified atom stereocenters. The van der Waals surface area contributed by atoms with Gasteiger partial charge in [-0.25, -0.2) is 0 Å². The summed E-state index contributed by atoms with van der Waals surface area (Å²) >= 11 is 1.66. The second-order valence-electron chi connectivity index (χ2n) is 7.35. The molecule has 4 aromatic rings. The molecular weight excluding hydrogens is 362 g/mol. The van der Waals surface area contributed by atoms with E-state index in [1.54, 1.807) is 11.3 Å². The zero-order valence-electron chi connectivity index (χ0n) is 15.8. The molecule has 1 aliphatic rings. The normalized spacial score (nSPS) is 13.3. The highest BCUT2D eigenvalue weighted by atomic mass is 32.1. The van der Waals surface area contributed by atoms with Crippen LogP contribution in [0, 0.1) is 0 Å². The van der Waals surface area contributed by atoms with Crippen LogP contribution in [0.4, 0.5) is 5.00 Å². The lowest BCUT2D eigenvalue weighted by atomic mass is 9.92. The SMILES string of the molecule is c1ccc2c(CNc3ccc(Oc4ccc5c(c4)CCCC5)s3)cccc2c1. The van der Waals surface area contributed by atoms with Crippen LogP contribution in [-0.2, 0) is 19.4 Å². The van der Waals surface area contributed by atoms with Gasteiger partial charge in [-0.1, -0.05) is 59.9 Å². The Bertz CT molecular complexity index is 1110. The van der Waals surface area contributed by atoms with Crippen molar-refractivity contribution in [3.63, 3.8) is 0 Å². The summed E-state index contributed by atoms with van der Waals surface area (Å²) in [4.78, 5) is 0. The highest BCUT2D eigenvalue weighted by molar-refractivity contribution is 7.17. The Hall–Kier alpha value is -2.78. The van der Waals surface area contributed by atoms with Gasteiger partial charge < -0.3 is 10.1 Å². The molecule has 1 aliphatic carbocycles. The highest BCUT2D eigenvalue weighted by Crippen LogP contribution is 2.35. The predicted octanol–water partition coefficient (Wildman–Crippen LogP) is 7.18. The zero-order chi connectivity index (χ0) is 18.8. The number of thiophene rings is 1. The lowest BCUT2D eigenvalue weighted by Crippen LogP contribution is -2.02. The van der Waals surface area contributed by atoms with Gasteiger partial charge in [0, 0.05) is 6.54 Å². The van der Waals surface area contributed by atoms with E-state index in [0.717, 1.165) is 22.4 Å². The summed E-state index contributed by atoms with van der Waals surface area (Å²) in [5, 5.41) is 8.19. The number of ether oxygens (including phenoxy) is 1. The first-order valence-electron chi connectivity index (χ1n) is 9.95. The third-order valence-electron chi connectivity index (χ3n) is 5.45. The fourth-order valence-corrected chi connectivity index (χ4v) is 4.76. The Balaban J connectivity index is 1.27. The molecule has 140 valence electrons. The van der Waals surface area contributed by atoms with Crippen LogP contribution in [0.2, 0.25) is 0 Å². The van der Waals surface area contributed by atoms with E-state index in [2.05, 4.69) is 78.1 Å². The topological polar surface area (TPSA) is 21.3 Å². The van der Waals surface area contributed by atoms with Crippen LogP contribution >= 0.6 is 11.3 Å². The predicted molar refractivity (Wildman–Crippen MR) is 119 cm³/mol. The molecule has 5 rings (SSSR count). The zero-order valence-corrected chi connectivity index (χ0v) is 16.6. The van der Waals surface area contributed by atoms with Crippen molar-refractivity contribution in [1.82, 2.24) is 0 Å². The number of benzene rings is 3. The summed E-state index contributed by atoms with van der Waals surface area (Å²) in [6.07, 6.45) is 4.98. The Kier molecular flexibility index (Phi) is 4.76. The van der Waals surface area contributed by atoms with E-state index in [9.17, 15) is 0 Å². The van der Waals surface area contributed by atoms with Gasteiger partial charge in [-0.15, -0.1) is 0 Å². The number of nitrogens with one attached hydrogen (secondary N) is 1. The Morgan fingerprint density at radius 2 is 1.68 bits per heavy atom.